The smallest absolute Gasteiger partial charge is 0.335 e. The lowest BCUT2D eigenvalue weighted by molar-refractivity contribution is -0.391. The lowest BCUT2D eigenvalue weighted by Crippen LogP contribution is -2.70. The summed E-state index contributed by atoms with van der Waals surface area (Å²) < 4.78 is 96.6. The van der Waals surface area contributed by atoms with Gasteiger partial charge in [0, 0.05) is 12.5 Å². The first-order chi connectivity index (χ1) is 65.3. The van der Waals surface area contributed by atoms with Crippen LogP contribution in [0.4, 0.5) is 0 Å². The number of hydrogen-bond acceptors (Lipinski definition) is 43. The molecule has 0 bridgehead atoms. The molecule has 13 rings (SSSR count). The second kappa shape index (κ2) is 44.3. The van der Waals surface area contributed by atoms with E-state index in [1.165, 1.54) is 6.92 Å². The molecule has 8 heterocycles. The van der Waals surface area contributed by atoms with Gasteiger partial charge in [0.2, 0.25) is 23.9 Å². The number of nitrogens with one attached hydrogen (secondary N) is 2. The van der Waals surface area contributed by atoms with Crippen LogP contribution in [-0.4, -0.2) is 438 Å². The van der Waals surface area contributed by atoms with Crippen molar-refractivity contribution in [3.8, 4) is 0 Å². The molecule has 798 valence electrons. The number of carboxylic acid groups (broad SMARTS) is 1. The van der Waals surface area contributed by atoms with Crippen molar-refractivity contribution in [2.24, 2.45) is 62.1 Å². The van der Waals surface area contributed by atoms with Gasteiger partial charge < -0.3 is 209 Å². The topological polar surface area (TPSA) is 722 Å². The number of carbonyl (C=O) groups excluding carboxylic acids is 4. The van der Waals surface area contributed by atoms with E-state index in [2.05, 4.69) is 30.6 Å². The molecule has 139 heavy (non-hydrogen) atoms. The fraction of sp³-hybridized carbons (Fsp3) is 0.925. The van der Waals surface area contributed by atoms with Crippen molar-refractivity contribution in [1.29, 1.82) is 0 Å². The SMILES string of the molecule is CC[C@@H]1OCC(O)(O[C@@H](C[C@H](O)CC(=O)N[C@@H](C[C@H](O)CC(=O)N[C@H]2C(CO)O[C@@H](OC(=O)[C@]34CCC(C)(C)CC3C3=CCC5C6(C)CC[C@H](O[C@@H]7OC(C(=O)O)[C@@H](O)[C@H](O[C@@H]8OC[C@@H](O)[C@H](O)C8O)C7O[C@@H]7OC(CO)[C@H](O)[C@H](O)C7O)[C@](C)(C=O)[C@@H]6CCC5(C)[C@]3(C)CC4O)C(O[C@@H]3OC(C)[C@H](O[C@@H]4OC[C@@H](O)C(O[C@@H]5OC[C@@](O)(CO)C5O)C4O)C(O)C3O)C2O)[C@@H](C)CC)[C@@H](C)CC)C1O. The third-order valence-corrected chi connectivity index (χ3v) is 33.9. The Kier molecular flexibility index (Phi) is 35.7. The highest BCUT2D eigenvalue weighted by Gasteiger charge is 2.74. The van der Waals surface area contributed by atoms with Crippen LogP contribution in [0.2, 0.25) is 0 Å². The summed E-state index contributed by atoms with van der Waals surface area (Å²) in [4.78, 5) is 72.5. The number of carbonyl (C=O) groups is 5. The fourth-order valence-corrected chi connectivity index (χ4v) is 24.7. The monoisotopic (exact) mass is 2000 g/mol. The van der Waals surface area contributed by atoms with Crippen molar-refractivity contribution in [2.45, 2.75) is 430 Å². The maximum Gasteiger partial charge on any atom is 0.335 e. The third-order valence-electron chi connectivity index (χ3n) is 33.9. The number of hydrogen-bond donors (Lipinski definition) is 25. The number of ether oxygens (including phenoxy) is 16. The van der Waals surface area contributed by atoms with E-state index in [1.807, 2.05) is 41.5 Å². The average molecular weight is 2000 g/mol. The number of rotatable bonds is 36. The average Bonchev–Trinajstić information content (AvgIpc) is 0.889. The molecule has 0 aromatic heterocycles. The third kappa shape index (κ3) is 21.6. The van der Waals surface area contributed by atoms with Gasteiger partial charge >= 0.3 is 11.9 Å². The van der Waals surface area contributed by atoms with Crippen LogP contribution in [0.3, 0.4) is 0 Å². The second-order valence-electron chi connectivity index (χ2n) is 43.2. The summed E-state index contributed by atoms with van der Waals surface area (Å²) in [6.07, 6.45) is -60.0. The summed E-state index contributed by atoms with van der Waals surface area (Å²) in [5, 5.41) is 265. The molecule has 0 aromatic rings. The number of fused-ring (bicyclic) bond motifs is 7. The Hall–Kier alpha value is -4.19. The van der Waals surface area contributed by atoms with Gasteiger partial charge in [-0.1, -0.05) is 101 Å². The van der Waals surface area contributed by atoms with Crippen LogP contribution < -0.4 is 10.6 Å². The summed E-state index contributed by atoms with van der Waals surface area (Å²) in [6.45, 7) is 17.3. The Morgan fingerprint density at radius 1 is 0.547 bits per heavy atom. The van der Waals surface area contributed by atoms with E-state index in [-0.39, 0.29) is 62.9 Å². The van der Waals surface area contributed by atoms with E-state index >= 15 is 4.79 Å². The van der Waals surface area contributed by atoms with Crippen molar-refractivity contribution < 1.29 is 217 Å². The number of aldehydes is 1. The zero-order valence-corrected chi connectivity index (χ0v) is 80.6. The normalized spacial score (nSPS) is 48.5. The van der Waals surface area contributed by atoms with Gasteiger partial charge in [-0.2, -0.15) is 0 Å². The van der Waals surface area contributed by atoms with Gasteiger partial charge in [-0.05, 0) is 129 Å². The molecular weight excluding hydrogens is 1850 g/mol. The summed E-state index contributed by atoms with van der Waals surface area (Å²) >= 11 is 0. The van der Waals surface area contributed by atoms with Crippen LogP contribution in [0.15, 0.2) is 11.6 Å². The Labute approximate surface area is 805 Å². The largest absolute Gasteiger partial charge is 0.479 e. The molecule has 4 saturated carbocycles. The molecule has 21 unspecified atom stereocenters. The van der Waals surface area contributed by atoms with E-state index < -0.39 is 365 Å². The molecule has 0 radical (unpaired) electrons. The highest BCUT2D eigenvalue weighted by Crippen LogP contribution is 2.76. The van der Waals surface area contributed by atoms with Gasteiger partial charge in [0.15, 0.2) is 49.9 Å². The lowest BCUT2D eigenvalue weighted by atomic mass is 9.33. The van der Waals surface area contributed by atoms with Gasteiger partial charge in [0.1, 0.15) is 146 Å². The minimum Gasteiger partial charge on any atom is -0.479 e. The Bertz CT molecular complexity index is 4150. The Balaban J connectivity index is 0.755. The fourth-order valence-electron chi connectivity index (χ4n) is 24.7. The quantitative estimate of drug-likeness (QED) is 0.00912. The molecule has 12 fully saturated rings. The van der Waals surface area contributed by atoms with Crippen LogP contribution in [0.5, 0.6) is 0 Å². The van der Waals surface area contributed by atoms with E-state index in [9.17, 15) is 137 Å². The van der Waals surface area contributed by atoms with Crippen LogP contribution in [0.25, 0.3) is 0 Å². The second-order valence-corrected chi connectivity index (χ2v) is 43.2. The summed E-state index contributed by atoms with van der Waals surface area (Å²) in [6, 6.07) is -2.58. The van der Waals surface area contributed by atoms with Crippen LogP contribution >= 0.6 is 0 Å². The van der Waals surface area contributed by atoms with Crippen molar-refractivity contribution in [3.63, 3.8) is 0 Å². The number of esters is 1. The first kappa shape index (κ1) is 112. The first-order valence-corrected chi connectivity index (χ1v) is 49.0. The molecule has 2 amide bonds. The summed E-state index contributed by atoms with van der Waals surface area (Å²) in [7, 11) is 0. The number of carboxylic acids is 1. The zero-order valence-electron chi connectivity index (χ0n) is 80.6. The molecule has 5 aliphatic carbocycles. The molecule has 46 nitrogen and oxygen atoms in total. The zero-order chi connectivity index (χ0) is 102. The number of allylic oxidation sites excluding steroid dienone is 2. The van der Waals surface area contributed by atoms with Crippen molar-refractivity contribution in [1.82, 2.24) is 10.6 Å². The maximum atomic E-state index is 16.4. The highest BCUT2D eigenvalue weighted by molar-refractivity contribution is 5.80. The Morgan fingerprint density at radius 2 is 1.15 bits per heavy atom. The molecular formula is C93H152N2O44. The number of aliphatic carboxylic acids is 1. The van der Waals surface area contributed by atoms with Crippen LogP contribution in [0, 0.1) is 62.1 Å². The molecule has 8 saturated heterocycles. The van der Waals surface area contributed by atoms with E-state index in [0.29, 0.717) is 51.4 Å². The van der Waals surface area contributed by atoms with Gasteiger partial charge in [0.05, 0.1) is 107 Å². The number of aliphatic hydroxyl groups is 22. The van der Waals surface area contributed by atoms with Crippen LogP contribution in [-0.2, 0) is 99.8 Å². The van der Waals surface area contributed by atoms with E-state index in [0.717, 1.165) is 11.9 Å². The standard InChI is InChI=1S/C93H152N2O44/c1-13-38(4)45(94-56(105)27-42(101)25-49(39(5)14-2)139-93(123)37-126-48(15-3)75(93)117)24-41(100)26-57(106)95-58-50(30-96)129-82(73(61(58)109)136-80-66(114)63(111)69(40(6)128-80)132-79-68(116)70(47(103)33-125-79)133-84-76(118)91(122,35-99)36-127-84)138-85(121)92-23-22-86(7,8)28-44(92)43-16-17-53-87(9)20-19-55(88(10,34-98)52(87)18-21-89(53,11)90(43,12)29-54(92)104)131-83-74(137-81-65(113)62(110)60(108)51(31-97)130-81)71(67(115)72(135-83)77(119)120)134-78-64(112)59(107)46(102)32-124-78/h16,34,38-42,44-55,58-76,78-84,96-97,99-104,107-118,122-123H,13-15,17-33,35-37H2,1-12H3,(H,94,105)(H,95,106)(H,119,120)/t38-,39-,40?,41-,42-,44?,45-,46+,47+,48-,49-,50?,51?,52+,53?,54?,55-,58-,59-,60-,61?,62-,63?,64?,65?,66?,67-,68?,69-,70?,71-,72?,73?,74?,75?,76?,78-,79-,80-,81-,82-,83+,84-,87?,88+,89?,90+,91-,92+,93?/m0/s1. The summed E-state index contributed by atoms with van der Waals surface area (Å²) in [5.41, 5.74) is -7.83. The molecule has 8 aliphatic heterocycles. The number of amides is 2. The van der Waals surface area contributed by atoms with Crippen LogP contribution in [0.1, 0.15) is 186 Å². The molecule has 0 aromatic carbocycles. The molecule has 46 heteroatoms. The van der Waals surface area contributed by atoms with Crippen molar-refractivity contribution >= 4 is 30.0 Å². The molecule has 50 atom stereocenters. The summed E-state index contributed by atoms with van der Waals surface area (Å²) in [5.74, 6) is -8.86. The van der Waals surface area contributed by atoms with Crippen molar-refractivity contribution in [2.75, 3.05) is 46.2 Å². The molecule has 0 spiro atoms. The maximum absolute atomic E-state index is 16.4. The van der Waals surface area contributed by atoms with Crippen molar-refractivity contribution in [3.05, 3.63) is 11.6 Å². The Morgan fingerprint density at radius 3 is 1.78 bits per heavy atom. The van der Waals surface area contributed by atoms with Gasteiger partial charge in [-0.25, -0.2) is 4.79 Å². The first-order valence-electron chi connectivity index (χ1n) is 49.0. The predicted octanol–water partition coefficient (Wildman–Crippen LogP) is -6.15. The van der Waals surface area contributed by atoms with Gasteiger partial charge in [-0.3, -0.25) is 14.4 Å². The van der Waals surface area contributed by atoms with E-state index in [4.69, 9.17) is 75.8 Å². The minimum absolute atomic E-state index is 0.0135. The molecule has 13 aliphatic rings. The van der Waals surface area contributed by atoms with Gasteiger partial charge in [-0.15, -0.1) is 0 Å². The minimum atomic E-state index is -2.27. The number of aliphatic hydroxyl groups excluding tert-OH is 20. The molecule has 25 N–H and O–H groups in total. The van der Waals surface area contributed by atoms with Gasteiger partial charge in [0.25, 0.3) is 0 Å². The predicted molar refractivity (Wildman–Crippen MR) is 467 cm³/mol. The highest BCUT2D eigenvalue weighted by atomic mass is 16.8. The lowest BCUT2D eigenvalue weighted by Gasteiger charge is -2.71. The van der Waals surface area contributed by atoms with E-state index in [1.54, 1.807) is 20.8 Å².